The number of hydrogen-bond acceptors (Lipinski definition) is 5. The second-order valence-corrected chi connectivity index (χ2v) is 6.92. The van der Waals surface area contributed by atoms with Crippen LogP contribution in [0.3, 0.4) is 0 Å². The predicted molar refractivity (Wildman–Crippen MR) is 122 cm³/mol. The van der Waals surface area contributed by atoms with Crippen LogP contribution in [0, 0.1) is 0 Å². The number of amides is 3. The molecule has 0 saturated carbocycles. The Labute approximate surface area is 183 Å². The number of carbonyl (C=O) groups excluding carboxylic acids is 3. The van der Waals surface area contributed by atoms with Crippen molar-refractivity contribution in [3.63, 3.8) is 0 Å². The van der Waals surface area contributed by atoms with Crippen LogP contribution in [0.4, 0.5) is 5.69 Å². The molecule has 8 nitrogen and oxygen atoms in total. The fourth-order valence-electron chi connectivity index (χ4n) is 2.69. The minimum absolute atomic E-state index is 0.0738. The summed E-state index contributed by atoms with van der Waals surface area (Å²) in [4.78, 5) is 35.2. The zero-order valence-corrected chi connectivity index (χ0v) is 17.4. The van der Waals surface area contributed by atoms with Gasteiger partial charge >= 0.3 is 0 Å². The normalized spacial score (nSPS) is 10.1. The Bertz CT molecular complexity index is 1130. The van der Waals surface area contributed by atoms with E-state index in [1.807, 2.05) is 36.4 Å². The molecule has 0 aromatic heterocycles. The lowest BCUT2D eigenvalue weighted by molar-refractivity contribution is -0.121. The molecular weight excluding hydrogens is 416 g/mol. The van der Waals surface area contributed by atoms with Gasteiger partial charge in [0.15, 0.2) is 11.7 Å². The summed E-state index contributed by atoms with van der Waals surface area (Å²) < 4.78 is 5.49. The molecule has 31 heavy (non-hydrogen) atoms. The van der Waals surface area contributed by atoms with Crippen LogP contribution in [-0.4, -0.2) is 29.4 Å². The lowest BCUT2D eigenvalue weighted by atomic mass is 10.1. The van der Waals surface area contributed by atoms with Gasteiger partial charge in [-0.2, -0.15) is 0 Å². The second-order valence-electron chi connectivity index (χ2n) is 6.51. The SMILES string of the molecule is CC(=O)Nc1ccc(C(=O)NNC(=S)NC(=O)COc2ccc3ccccc3c2)cc1. The number of thiocarbonyl (C=S) groups is 1. The van der Waals surface area contributed by atoms with Gasteiger partial charge in [0.05, 0.1) is 0 Å². The lowest BCUT2D eigenvalue weighted by Crippen LogP contribution is -2.49. The van der Waals surface area contributed by atoms with E-state index in [4.69, 9.17) is 17.0 Å². The standard InChI is InChI=1S/C22H20N4O4S/c1-14(27)23-18-9-6-16(7-10-18)21(29)25-26-22(31)24-20(28)13-30-19-11-8-15-4-2-3-5-17(15)12-19/h2-12H,13H2,1H3,(H,23,27)(H,25,29)(H2,24,26,28,31). The van der Waals surface area contributed by atoms with Crippen molar-refractivity contribution in [1.82, 2.24) is 16.2 Å². The number of fused-ring (bicyclic) bond motifs is 1. The van der Waals surface area contributed by atoms with Crippen molar-refractivity contribution in [3.8, 4) is 5.75 Å². The van der Waals surface area contributed by atoms with Crippen LogP contribution in [0.1, 0.15) is 17.3 Å². The zero-order valence-electron chi connectivity index (χ0n) is 16.6. The molecular formula is C22H20N4O4S. The first-order valence-corrected chi connectivity index (χ1v) is 9.71. The molecule has 3 rings (SSSR count). The molecule has 0 fully saturated rings. The molecule has 3 amide bonds. The highest BCUT2D eigenvalue weighted by atomic mass is 32.1. The Morgan fingerprint density at radius 2 is 1.61 bits per heavy atom. The van der Waals surface area contributed by atoms with Crippen LogP contribution in [0.5, 0.6) is 5.75 Å². The van der Waals surface area contributed by atoms with Crippen molar-refractivity contribution in [2.24, 2.45) is 0 Å². The van der Waals surface area contributed by atoms with Gasteiger partial charge in [-0.3, -0.25) is 30.6 Å². The number of hydrogen-bond donors (Lipinski definition) is 4. The highest BCUT2D eigenvalue weighted by molar-refractivity contribution is 7.80. The van der Waals surface area contributed by atoms with Gasteiger partial charge in [-0.1, -0.05) is 30.3 Å². The van der Waals surface area contributed by atoms with E-state index < -0.39 is 11.8 Å². The molecule has 4 N–H and O–H groups in total. The molecule has 0 aliphatic heterocycles. The molecule has 3 aromatic carbocycles. The second kappa shape index (κ2) is 10.2. The Kier molecular flexibility index (Phi) is 7.13. The van der Waals surface area contributed by atoms with E-state index in [9.17, 15) is 14.4 Å². The van der Waals surface area contributed by atoms with Gasteiger partial charge in [-0.15, -0.1) is 0 Å². The molecule has 3 aromatic rings. The Hall–Kier alpha value is -3.98. The maximum absolute atomic E-state index is 12.1. The van der Waals surface area contributed by atoms with E-state index in [-0.39, 0.29) is 17.6 Å². The number of nitrogens with one attached hydrogen (secondary N) is 4. The van der Waals surface area contributed by atoms with Crippen LogP contribution in [-0.2, 0) is 9.59 Å². The monoisotopic (exact) mass is 436 g/mol. The molecule has 0 bridgehead atoms. The number of hydrazine groups is 1. The zero-order chi connectivity index (χ0) is 22.2. The van der Waals surface area contributed by atoms with Crippen LogP contribution >= 0.6 is 12.2 Å². The Morgan fingerprint density at radius 3 is 2.32 bits per heavy atom. The summed E-state index contributed by atoms with van der Waals surface area (Å²) >= 11 is 5.00. The third-order valence-electron chi connectivity index (χ3n) is 4.10. The Balaban J connectivity index is 1.42. The number of ether oxygens (including phenoxy) is 1. The van der Waals surface area contributed by atoms with E-state index in [1.165, 1.54) is 6.92 Å². The minimum Gasteiger partial charge on any atom is -0.484 e. The summed E-state index contributed by atoms with van der Waals surface area (Å²) in [6.45, 7) is 1.16. The van der Waals surface area contributed by atoms with Crippen LogP contribution < -0.4 is 26.2 Å². The van der Waals surface area contributed by atoms with E-state index in [1.54, 1.807) is 30.3 Å². The fourth-order valence-corrected chi connectivity index (χ4v) is 2.86. The first kappa shape index (κ1) is 21.7. The molecule has 0 spiro atoms. The van der Waals surface area contributed by atoms with Gasteiger partial charge in [0.25, 0.3) is 11.8 Å². The molecule has 158 valence electrons. The number of benzene rings is 3. The fraction of sp³-hybridized carbons (Fsp3) is 0.0909. The van der Waals surface area contributed by atoms with Crippen molar-refractivity contribution >= 4 is 51.5 Å². The highest BCUT2D eigenvalue weighted by Crippen LogP contribution is 2.20. The quantitative estimate of drug-likeness (QED) is 0.362. The van der Waals surface area contributed by atoms with Crippen LogP contribution in [0.2, 0.25) is 0 Å². The topological polar surface area (TPSA) is 109 Å². The molecule has 0 aliphatic rings. The number of rotatable bonds is 5. The van der Waals surface area contributed by atoms with Gasteiger partial charge < -0.3 is 10.1 Å². The third-order valence-corrected chi connectivity index (χ3v) is 4.30. The highest BCUT2D eigenvalue weighted by Gasteiger charge is 2.09. The maximum Gasteiger partial charge on any atom is 0.269 e. The molecule has 0 saturated heterocycles. The van der Waals surface area contributed by atoms with Crippen molar-refractivity contribution in [2.75, 3.05) is 11.9 Å². The minimum atomic E-state index is -0.473. The third kappa shape index (κ3) is 6.51. The van der Waals surface area contributed by atoms with E-state index >= 15 is 0 Å². The number of anilines is 1. The van der Waals surface area contributed by atoms with E-state index in [0.717, 1.165) is 10.8 Å². The lowest BCUT2D eigenvalue weighted by Gasteiger charge is -2.12. The Morgan fingerprint density at radius 1 is 0.903 bits per heavy atom. The first-order chi connectivity index (χ1) is 14.9. The van der Waals surface area contributed by atoms with Gasteiger partial charge in [0.2, 0.25) is 5.91 Å². The summed E-state index contributed by atoms with van der Waals surface area (Å²) in [6.07, 6.45) is 0. The summed E-state index contributed by atoms with van der Waals surface area (Å²) in [5.74, 6) is -0.578. The summed E-state index contributed by atoms with van der Waals surface area (Å²) in [5, 5.41) is 7.03. The smallest absolute Gasteiger partial charge is 0.269 e. The average Bonchev–Trinajstić information content (AvgIpc) is 2.76. The number of carbonyl (C=O) groups is 3. The average molecular weight is 436 g/mol. The molecule has 0 heterocycles. The summed E-state index contributed by atoms with van der Waals surface area (Å²) in [5.41, 5.74) is 5.76. The van der Waals surface area contributed by atoms with Crippen LogP contribution in [0.15, 0.2) is 66.7 Å². The van der Waals surface area contributed by atoms with Crippen molar-refractivity contribution in [3.05, 3.63) is 72.3 Å². The predicted octanol–water partition coefficient (Wildman–Crippen LogP) is 2.51. The van der Waals surface area contributed by atoms with Gasteiger partial charge in [-0.05, 0) is 59.4 Å². The summed E-state index contributed by atoms with van der Waals surface area (Å²) in [7, 11) is 0. The molecule has 0 aliphatic carbocycles. The molecule has 9 heteroatoms. The van der Waals surface area contributed by atoms with Crippen LogP contribution in [0.25, 0.3) is 10.8 Å². The summed E-state index contributed by atoms with van der Waals surface area (Å²) in [6, 6.07) is 19.6. The largest absolute Gasteiger partial charge is 0.484 e. The van der Waals surface area contributed by atoms with Crippen molar-refractivity contribution in [1.29, 1.82) is 0 Å². The van der Waals surface area contributed by atoms with Gasteiger partial charge in [0.1, 0.15) is 5.75 Å². The van der Waals surface area contributed by atoms with Gasteiger partial charge in [0, 0.05) is 18.2 Å². The maximum atomic E-state index is 12.1. The van der Waals surface area contributed by atoms with Gasteiger partial charge in [-0.25, -0.2) is 0 Å². The molecule has 0 unspecified atom stereocenters. The first-order valence-electron chi connectivity index (χ1n) is 9.30. The molecule has 0 atom stereocenters. The molecule has 0 radical (unpaired) electrons. The van der Waals surface area contributed by atoms with E-state index in [2.05, 4.69) is 21.5 Å². The van der Waals surface area contributed by atoms with Crippen molar-refractivity contribution in [2.45, 2.75) is 6.92 Å². The van der Waals surface area contributed by atoms with E-state index in [0.29, 0.717) is 17.0 Å². The van der Waals surface area contributed by atoms with Crippen molar-refractivity contribution < 1.29 is 19.1 Å².